The molecule has 1 aromatic carbocycles. The summed E-state index contributed by atoms with van der Waals surface area (Å²) in [7, 11) is 0. The first-order chi connectivity index (χ1) is 10.7. The van der Waals surface area contributed by atoms with E-state index in [1.54, 1.807) is 0 Å². The van der Waals surface area contributed by atoms with Crippen LogP contribution in [0, 0.1) is 5.41 Å². The van der Waals surface area contributed by atoms with Crippen molar-refractivity contribution in [3.05, 3.63) is 30.2 Å². The van der Waals surface area contributed by atoms with Crippen molar-refractivity contribution in [3.8, 4) is 0 Å². The Morgan fingerprint density at radius 2 is 2.05 bits per heavy atom. The minimum atomic E-state index is 0.252. The molecule has 4 heteroatoms. The summed E-state index contributed by atoms with van der Waals surface area (Å²) >= 11 is 0. The van der Waals surface area contributed by atoms with E-state index in [2.05, 4.69) is 31.1 Å². The summed E-state index contributed by atoms with van der Waals surface area (Å²) in [6.45, 7) is 8.09. The number of ether oxygens (including phenoxy) is 1. The lowest BCUT2D eigenvalue weighted by Gasteiger charge is -2.55. The number of hydrogen-bond donors (Lipinski definition) is 1. The predicted molar refractivity (Wildman–Crippen MR) is 87.7 cm³/mol. The lowest BCUT2D eigenvalue weighted by atomic mass is 9.58. The summed E-state index contributed by atoms with van der Waals surface area (Å²) in [5, 5.41) is 3.64. The lowest BCUT2D eigenvalue weighted by Crippen LogP contribution is -2.63. The molecule has 1 heterocycles. The van der Waals surface area contributed by atoms with Gasteiger partial charge in [0, 0.05) is 18.1 Å². The second-order valence-corrected chi connectivity index (χ2v) is 6.13. The monoisotopic (exact) mass is 302 g/mol. The molecular weight excluding hydrogens is 276 g/mol. The van der Waals surface area contributed by atoms with Gasteiger partial charge in [0.2, 0.25) is 5.89 Å². The largest absolute Gasteiger partial charge is 0.439 e. The summed E-state index contributed by atoms with van der Waals surface area (Å²) < 4.78 is 11.7. The van der Waals surface area contributed by atoms with E-state index in [1.807, 2.05) is 24.3 Å². The van der Waals surface area contributed by atoms with Crippen LogP contribution in [0.4, 0.5) is 0 Å². The number of benzene rings is 1. The van der Waals surface area contributed by atoms with Crippen LogP contribution in [-0.4, -0.2) is 23.7 Å². The molecule has 22 heavy (non-hydrogen) atoms. The van der Waals surface area contributed by atoms with Crippen LogP contribution >= 0.6 is 0 Å². The number of nitrogens with zero attached hydrogens (tertiary/aromatic N) is 1. The van der Waals surface area contributed by atoms with Crippen molar-refractivity contribution in [2.75, 3.05) is 6.61 Å². The predicted octanol–water partition coefficient (Wildman–Crippen LogP) is 3.90. The van der Waals surface area contributed by atoms with E-state index >= 15 is 0 Å². The van der Waals surface area contributed by atoms with Crippen LogP contribution in [0.1, 0.15) is 45.9 Å². The highest BCUT2D eigenvalue weighted by atomic mass is 16.5. The van der Waals surface area contributed by atoms with E-state index in [0.29, 0.717) is 18.7 Å². The Balaban J connectivity index is 1.65. The van der Waals surface area contributed by atoms with Crippen molar-refractivity contribution in [1.82, 2.24) is 10.3 Å². The standard InChI is InChI=1S/C18H26N2O2/c1-4-18(5-2)15(11-16(18)21-6-3)19-12-17-20-13-9-7-8-10-14(13)22-17/h7-10,15-16,19H,4-6,11-12H2,1-3H3/t15-,16+/m1/s1. The number of hydrogen-bond acceptors (Lipinski definition) is 4. The Bertz CT molecular complexity index is 585. The molecule has 1 aliphatic carbocycles. The highest BCUT2D eigenvalue weighted by molar-refractivity contribution is 5.72. The molecule has 1 saturated carbocycles. The van der Waals surface area contributed by atoms with Crippen molar-refractivity contribution in [3.63, 3.8) is 0 Å². The van der Waals surface area contributed by atoms with Gasteiger partial charge in [0.05, 0.1) is 12.6 Å². The zero-order valence-electron chi connectivity index (χ0n) is 13.8. The molecule has 0 unspecified atom stereocenters. The molecule has 1 aliphatic rings. The topological polar surface area (TPSA) is 47.3 Å². The molecule has 2 aromatic rings. The summed E-state index contributed by atoms with van der Waals surface area (Å²) in [5.74, 6) is 0.766. The van der Waals surface area contributed by atoms with Crippen LogP contribution < -0.4 is 5.32 Å². The van der Waals surface area contributed by atoms with Gasteiger partial charge in [-0.1, -0.05) is 26.0 Å². The minimum Gasteiger partial charge on any atom is -0.439 e. The third-order valence-corrected chi connectivity index (χ3v) is 5.31. The molecule has 3 rings (SSSR count). The first-order valence-corrected chi connectivity index (χ1v) is 8.43. The molecule has 1 N–H and O–H groups in total. The van der Waals surface area contributed by atoms with Crippen LogP contribution in [0.5, 0.6) is 0 Å². The van der Waals surface area contributed by atoms with Crippen molar-refractivity contribution in [2.45, 2.75) is 58.7 Å². The molecule has 0 spiro atoms. The van der Waals surface area contributed by atoms with Gasteiger partial charge in [0.15, 0.2) is 5.58 Å². The zero-order chi connectivity index (χ0) is 15.6. The smallest absolute Gasteiger partial charge is 0.209 e. The van der Waals surface area contributed by atoms with Gasteiger partial charge < -0.3 is 14.5 Å². The third kappa shape index (κ3) is 2.55. The lowest BCUT2D eigenvalue weighted by molar-refractivity contribution is -0.138. The molecule has 0 saturated heterocycles. The van der Waals surface area contributed by atoms with E-state index in [1.165, 1.54) is 0 Å². The fraction of sp³-hybridized carbons (Fsp3) is 0.611. The number of aromatic nitrogens is 1. The molecule has 0 amide bonds. The van der Waals surface area contributed by atoms with E-state index in [-0.39, 0.29) is 5.41 Å². The van der Waals surface area contributed by atoms with Gasteiger partial charge in [-0.15, -0.1) is 0 Å². The van der Waals surface area contributed by atoms with E-state index in [9.17, 15) is 0 Å². The average molecular weight is 302 g/mol. The molecule has 4 nitrogen and oxygen atoms in total. The van der Waals surface area contributed by atoms with Gasteiger partial charge in [0.1, 0.15) is 5.52 Å². The van der Waals surface area contributed by atoms with Crippen molar-refractivity contribution >= 4 is 11.1 Å². The minimum absolute atomic E-state index is 0.252. The van der Waals surface area contributed by atoms with Crippen LogP contribution in [0.15, 0.2) is 28.7 Å². The van der Waals surface area contributed by atoms with Crippen molar-refractivity contribution in [2.24, 2.45) is 5.41 Å². The van der Waals surface area contributed by atoms with Crippen LogP contribution in [-0.2, 0) is 11.3 Å². The zero-order valence-corrected chi connectivity index (χ0v) is 13.8. The maximum atomic E-state index is 5.93. The van der Waals surface area contributed by atoms with Crippen LogP contribution in [0.25, 0.3) is 11.1 Å². The Labute approximate surface area is 132 Å². The van der Waals surface area contributed by atoms with Gasteiger partial charge >= 0.3 is 0 Å². The average Bonchev–Trinajstić information content (AvgIpc) is 2.94. The highest BCUT2D eigenvalue weighted by Gasteiger charge is 2.52. The second kappa shape index (κ2) is 6.39. The molecule has 0 aliphatic heterocycles. The Hall–Kier alpha value is -1.39. The summed E-state index contributed by atoms with van der Waals surface area (Å²) in [6.07, 6.45) is 3.74. The SMILES string of the molecule is CCO[C@H]1C[C@@H](NCc2nc3ccccc3o2)C1(CC)CC. The first-order valence-electron chi connectivity index (χ1n) is 8.43. The summed E-state index contributed by atoms with van der Waals surface area (Å²) in [6, 6.07) is 8.39. The number of fused-ring (bicyclic) bond motifs is 1. The molecule has 1 fully saturated rings. The summed E-state index contributed by atoms with van der Waals surface area (Å²) in [4.78, 5) is 4.54. The number of oxazole rings is 1. The molecule has 1 aromatic heterocycles. The normalized spacial score (nSPS) is 23.6. The molecule has 120 valence electrons. The number of para-hydroxylation sites is 2. The molecular formula is C18H26N2O2. The Morgan fingerprint density at radius 1 is 1.27 bits per heavy atom. The molecule has 0 bridgehead atoms. The molecule has 2 atom stereocenters. The highest BCUT2D eigenvalue weighted by Crippen LogP contribution is 2.48. The van der Waals surface area contributed by atoms with Crippen molar-refractivity contribution < 1.29 is 9.15 Å². The Kier molecular flexibility index (Phi) is 4.50. The van der Waals surface area contributed by atoms with Gasteiger partial charge in [-0.05, 0) is 38.3 Å². The first kappa shape index (κ1) is 15.5. The quantitative estimate of drug-likeness (QED) is 0.842. The number of nitrogens with one attached hydrogen (secondary N) is 1. The van der Waals surface area contributed by atoms with Crippen LogP contribution in [0.2, 0.25) is 0 Å². The van der Waals surface area contributed by atoms with E-state index in [0.717, 1.165) is 42.9 Å². The number of rotatable bonds is 7. The van der Waals surface area contributed by atoms with Gasteiger partial charge in [0.25, 0.3) is 0 Å². The maximum Gasteiger partial charge on any atom is 0.209 e. The van der Waals surface area contributed by atoms with Crippen LogP contribution in [0.3, 0.4) is 0 Å². The summed E-state index contributed by atoms with van der Waals surface area (Å²) in [5.41, 5.74) is 2.04. The fourth-order valence-corrected chi connectivity index (χ4v) is 3.87. The van der Waals surface area contributed by atoms with Gasteiger partial charge in [-0.2, -0.15) is 0 Å². The third-order valence-electron chi connectivity index (χ3n) is 5.31. The van der Waals surface area contributed by atoms with E-state index < -0.39 is 0 Å². The van der Waals surface area contributed by atoms with Crippen molar-refractivity contribution in [1.29, 1.82) is 0 Å². The van der Waals surface area contributed by atoms with E-state index in [4.69, 9.17) is 9.15 Å². The van der Waals surface area contributed by atoms with Gasteiger partial charge in [-0.25, -0.2) is 4.98 Å². The second-order valence-electron chi connectivity index (χ2n) is 6.13. The fourth-order valence-electron chi connectivity index (χ4n) is 3.87. The molecule has 0 radical (unpaired) electrons. The van der Waals surface area contributed by atoms with Gasteiger partial charge in [-0.3, -0.25) is 0 Å². The maximum absolute atomic E-state index is 5.93. The Morgan fingerprint density at radius 3 is 2.73 bits per heavy atom.